The summed E-state index contributed by atoms with van der Waals surface area (Å²) in [4.78, 5) is 25.9. The second-order valence-corrected chi connectivity index (χ2v) is 5.96. The fourth-order valence-electron chi connectivity index (χ4n) is 3.01. The summed E-state index contributed by atoms with van der Waals surface area (Å²) in [5.74, 6) is 0.0247. The average Bonchev–Trinajstić information content (AvgIpc) is 2.57. The molecule has 23 heavy (non-hydrogen) atoms. The van der Waals surface area contributed by atoms with Crippen molar-refractivity contribution in [2.75, 3.05) is 18.0 Å². The van der Waals surface area contributed by atoms with Crippen LogP contribution in [0, 0.1) is 0 Å². The third-order valence-electron chi connectivity index (χ3n) is 4.25. The number of hydrogen-bond donors (Lipinski definition) is 2. The summed E-state index contributed by atoms with van der Waals surface area (Å²) in [6.07, 6.45) is 6.06. The zero-order chi connectivity index (χ0) is 16.5. The zero-order valence-electron chi connectivity index (χ0n) is 13.9. The number of urea groups is 1. The van der Waals surface area contributed by atoms with Crippen LogP contribution in [0.3, 0.4) is 0 Å². The molecule has 1 aromatic rings. The lowest BCUT2D eigenvalue weighted by molar-refractivity contribution is -0.118. The molecule has 0 unspecified atom stereocenters. The van der Waals surface area contributed by atoms with Gasteiger partial charge in [-0.1, -0.05) is 37.5 Å². The highest BCUT2D eigenvalue weighted by Gasteiger charge is 2.16. The molecular formula is C18H27N3O2. The molecule has 1 aliphatic rings. The van der Waals surface area contributed by atoms with Crippen LogP contribution >= 0.6 is 0 Å². The van der Waals surface area contributed by atoms with Gasteiger partial charge in [-0.25, -0.2) is 4.79 Å². The Kier molecular flexibility index (Phi) is 6.91. The van der Waals surface area contributed by atoms with E-state index in [0.29, 0.717) is 19.5 Å². The second kappa shape index (κ2) is 9.18. The van der Waals surface area contributed by atoms with Crippen LogP contribution < -0.4 is 15.5 Å². The van der Waals surface area contributed by atoms with Gasteiger partial charge in [0.15, 0.2) is 0 Å². The first-order chi connectivity index (χ1) is 11.2. The highest BCUT2D eigenvalue weighted by molar-refractivity contribution is 5.93. The molecule has 0 radical (unpaired) electrons. The minimum atomic E-state index is -0.160. The topological polar surface area (TPSA) is 61.4 Å². The number of carbonyl (C=O) groups excluding carboxylic acids is 2. The number of amides is 3. The summed E-state index contributed by atoms with van der Waals surface area (Å²) in [5, 5.41) is 5.79. The Morgan fingerprint density at radius 3 is 2.48 bits per heavy atom. The first-order valence-electron chi connectivity index (χ1n) is 8.60. The number of nitrogens with zero attached hydrogens (tertiary/aromatic N) is 1. The minimum Gasteiger partial charge on any atom is -0.338 e. The molecule has 126 valence electrons. The summed E-state index contributed by atoms with van der Waals surface area (Å²) in [6, 6.07) is 9.74. The van der Waals surface area contributed by atoms with Gasteiger partial charge in [-0.2, -0.15) is 0 Å². The molecule has 0 heterocycles. The fraction of sp³-hybridized carbons (Fsp3) is 0.556. The van der Waals surface area contributed by atoms with Gasteiger partial charge >= 0.3 is 6.03 Å². The van der Waals surface area contributed by atoms with Gasteiger partial charge in [-0.3, -0.25) is 4.79 Å². The lowest BCUT2D eigenvalue weighted by Crippen LogP contribution is -2.44. The molecule has 1 aliphatic carbocycles. The van der Waals surface area contributed by atoms with Gasteiger partial charge in [0.1, 0.15) is 0 Å². The number of carbonyl (C=O) groups is 2. The van der Waals surface area contributed by atoms with Crippen molar-refractivity contribution < 1.29 is 9.59 Å². The molecule has 1 saturated carbocycles. The second-order valence-electron chi connectivity index (χ2n) is 5.96. The Morgan fingerprint density at radius 2 is 1.83 bits per heavy atom. The Labute approximate surface area is 138 Å². The van der Waals surface area contributed by atoms with E-state index in [-0.39, 0.29) is 18.0 Å². The van der Waals surface area contributed by atoms with Crippen molar-refractivity contribution in [3.05, 3.63) is 30.3 Å². The molecule has 0 bridgehead atoms. The Bertz CT molecular complexity index is 498. The summed E-state index contributed by atoms with van der Waals surface area (Å²) < 4.78 is 0. The van der Waals surface area contributed by atoms with Crippen molar-refractivity contribution >= 4 is 17.6 Å². The van der Waals surface area contributed by atoms with Crippen LogP contribution in [0.1, 0.15) is 45.4 Å². The lowest BCUT2D eigenvalue weighted by atomic mass is 9.96. The first kappa shape index (κ1) is 17.3. The summed E-state index contributed by atoms with van der Waals surface area (Å²) in [7, 11) is 0. The molecule has 5 heteroatoms. The molecule has 2 N–H and O–H groups in total. The summed E-state index contributed by atoms with van der Waals surface area (Å²) in [6.45, 7) is 2.94. The standard InChI is InChI=1S/C18H27N3O2/c1-2-21(16-11-7-4-8-12-16)17(22)13-14-19-18(23)20-15-9-5-3-6-10-15/h4,7-8,11-12,15H,2-3,5-6,9-10,13-14H2,1H3,(H2,19,20,23). The van der Waals surface area contributed by atoms with Gasteiger partial charge in [0, 0.05) is 31.2 Å². The number of anilines is 1. The highest BCUT2D eigenvalue weighted by atomic mass is 16.2. The molecule has 5 nitrogen and oxygen atoms in total. The van der Waals surface area contributed by atoms with E-state index < -0.39 is 0 Å². The number of rotatable bonds is 6. The molecule has 1 aromatic carbocycles. The molecule has 0 saturated heterocycles. The molecule has 0 aliphatic heterocycles. The maximum absolute atomic E-state index is 12.3. The van der Waals surface area contributed by atoms with Crippen molar-refractivity contribution in [2.24, 2.45) is 0 Å². The quantitative estimate of drug-likeness (QED) is 0.847. The number of hydrogen-bond acceptors (Lipinski definition) is 2. The first-order valence-corrected chi connectivity index (χ1v) is 8.60. The molecule has 0 atom stereocenters. The van der Waals surface area contributed by atoms with Crippen molar-refractivity contribution in [1.29, 1.82) is 0 Å². The zero-order valence-corrected chi connectivity index (χ0v) is 13.9. The molecule has 3 amide bonds. The van der Waals surface area contributed by atoms with E-state index in [1.807, 2.05) is 37.3 Å². The molecular weight excluding hydrogens is 290 g/mol. The lowest BCUT2D eigenvalue weighted by Gasteiger charge is -2.23. The highest BCUT2D eigenvalue weighted by Crippen LogP contribution is 2.17. The molecule has 2 rings (SSSR count). The van der Waals surface area contributed by atoms with E-state index in [0.717, 1.165) is 18.5 Å². The summed E-state index contributed by atoms with van der Waals surface area (Å²) in [5.41, 5.74) is 0.895. The monoisotopic (exact) mass is 317 g/mol. The van der Waals surface area contributed by atoms with Gasteiger partial charge < -0.3 is 15.5 Å². The average molecular weight is 317 g/mol. The third kappa shape index (κ3) is 5.58. The predicted octanol–water partition coefficient (Wildman–Crippen LogP) is 3.06. The van der Waals surface area contributed by atoms with Crippen LogP contribution in [0.2, 0.25) is 0 Å². The normalized spacial score (nSPS) is 15.0. The van der Waals surface area contributed by atoms with Gasteiger partial charge in [0.25, 0.3) is 0 Å². The van der Waals surface area contributed by atoms with Crippen LogP contribution in [-0.4, -0.2) is 31.1 Å². The van der Waals surface area contributed by atoms with E-state index >= 15 is 0 Å². The Hall–Kier alpha value is -2.04. The van der Waals surface area contributed by atoms with Crippen LogP contribution in [-0.2, 0) is 4.79 Å². The van der Waals surface area contributed by atoms with Crippen LogP contribution in [0.25, 0.3) is 0 Å². The van der Waals surface area contributed by atoms with Gasteiger partial charge in [-0.15, -0.1) is 0 Å². The SMILES string of the molecule is CCN(C(=O)CCNC(=O)NC1CCCCC1)c1ccccc1. The van der Waals surface area contributed by atoms with Gasteiger partial charge in [0.2, 0.25) is 5.91 Å². The van der Waals surface area contributed by atoms with Gasteiger partial charge in [-0.05, 0) is 31.9 Å². The van der Waals surface area contributed by atoms with Crippen molar-refractivity contribution in [3.63, 3.8) is 0 Å². The van der Waals surface area contributed by atoms with Gasteiger partial charge in [0.05, 0.1) is 0 Å². The van der Waals surface area contributed by atoms with Crippen LogP contribution in [0.15, 0.2) is 30.3 Å². The van der Waals surface area contributed by atoms with Crippen LogP contribution in [0.5, 0.6) is 0 Å². The minimum absolute atomic E-state index is 0.0247. The maximum atomic E-state index is 12.3. The van der Waals surface area contributed by atoms with E-state index in [1.165, 1.54) is 19.3 Å². The van der Waals surface area contributed by atoms with E-state index in [1.54, 1.807) is 4.90 Å². The summed E-state index contributed by atoms with van der Waals surface area (Å²) >= 11 is 0. The number of benzene rings is 1. The van der Waals surface area contributed by atoms with Crippen molar-refractivity contribution in [1.82, 2.24) is 10.6 Å². The number of nitrogens with one attached hydrogen (secondary N) is 2. The Balaban J connectivity index is 1.72. The number of para-hydroxylation sites is 1. The maximum Gasteiger partial charge on any atom is 0.315 e. The van der Waals surface area contributed by atoms with Crippen molar-refractivity contribution in [3.8, 4) is 0 Å². The van der Waals surface area contributed by atoms with E-state index in [2.05, 4.69) is 10.6 Å². The Morgan fingerprint density at radius 1 is 1.13 bits per heavy atom. The fourth-order valence-corrected chi connectivity index (χ4v) is 3.01. The molecule has 1 fully saturated rings. The van der Waals surface area contributed by atoms with Crippen LogP contribution in [0.4, 0.5) is 10.5 Å². The van der Waals surface area contributed by atoms with E-state index in [4.69, 9.17) is 0 Å². The molecule has 0 aromatic heterocycles. The van der Waals surface area contributed by atoms with E-state index in [9.17, 15) is 9.59 Å². The third-order valence-corrected chi connectivity index (χ3v) is 4.25. The largest absolute Gasteiger partial charge is 0.338 e. The predicted molar refractivity (Wildman–Crippen MR) is 92.5 cm³/mol. The smallest absolute Gasteiger partial charge is 0.315 e. The van der Waals surface area contributed by atoms with Crippen molar-refractivity contribution in [2.45, 2.75) is 51.5 Å². The molecule has 0 spiro atoms.